The van der Waals surface area contributed by atoms with E-state index < -0.39 is 5.60 Å². The normalized spacial score (nSPS) is 18.6. The Morgan fingerprint density at radius 3 is 2.52 bits per heavy atom. The number of hydrogen-bond acceptors (Lipinski definition) is 4. The van der Waals surface area contributed by atoms with E-state index in [0.717, 1.165) is 24.2 Å². The van der Waals surface area contributed by atoms with Gasteiger partial charge in [-0.15, -0.1) is 0 Å². The van der Waals surface area contributed by atoms with Gasteiger partial charge in [0.1, 0.15) is 11.4 Å². The topological polar surface area (TPSA) is 50.8 Å². The van der Waals surface area contributed by atoms with Gasteiger partial charge >= 0.3 is 6.09 Å². The van der Waals surface area contributed by atoms with Crippen LogP contribution in [0.15, 0.2) is 24.3 Å². The lowest BCUT2D eigenvalue weighted by atomic mass is 10.1. The summed E-state index contributed by atoms with van der Waals surface area (Å²) in [5.41, 5.74) is 0.611. The fraction of sp³-hybridized carbons (Fsp3) is 0.579. The van der Waals surface area contributed by atoms with Crippen molar-refractivity contribution in [3.8, 4) is 5.75 Å². The summed E-state index contributed by atoms with van der Waals surface area (Å²) in [6.07, 6.45) is 1.50. The minimum atomic E-state index is -0.504. The molecular weight excluding hydrogens is 336 g/mol. The third-order valence-electron chi connectivity index (χ3n) is 4.16. The van der Waals surface area contributed by atoms with E-state index in [1.807, 2.05) is 45.0 Å². The third-order valence-corrected chi connectivity index (χ3v) is 4.55. The van der Waals surface area contributed by atoms with Crippen molar-refractivity contribution >= 4 is 23.3 Å². The molecule has 5 nitrogen and oxygen atoms in total. The second-order valence-corrected chi connectivity index (χ2v) is 7.78. The zero-order chi connectivity index (χ0) is 18.6. The predicted molar refractivity (Wildman–Crippen MR) is 103 cm³/mol. The second kappa shape index (κ2) is 8.04. The molecule has 1 aliphatic heterocycles. The summed E-state index contributed by atoms with van der Waals surface area (Å²) < 4.78 is 10.7. The van der Waals surface area contributed by atoms with Crippen LogP contribution < -0.4 is 10.1 Å². The highest BCUT2D eigenvalue weighted by Gasteiger charge is 2.35. The minimum absolute atomic E-state index is 0.0551. The van der Waals surface area contributed by atoms with E-state index in [2.05, 4.69) is 12.2 Å². The number of ether oxygens (including phenoxy) is 2. The Bertz CT molecular complexity index is 610. The Balaban J connectivity index is 1.99. The fourth-order valence-electron chi connectivity index (χ4n) is 2.86. The molecule has 1 fully saturated rings. The molecule has 2 atom stereocenters. The lowest BCUT2D eigenvalue weighted by molar-refractivity contribution is 0.0265. The van der Waals surface area contributed by atoms with Gasteiger partial charge in [0.15, 0.2) is 0 Å². The smallest absolute Gasteiger partial charge is 0.410 e. The van der Waals surface area contributed by atoms with Crippen LogP contribution in [0.4, 0.5) is 4.79 Å². The Labute approximate surface area is 155 Å². The average molecular weight is 365 g/mol. The van der Waals surface area contributed by atoms with Crippen LogP contribution in [0.3, 0.4) is 0 Å². The zero-order valence-corrected chi connectivity index (χ0v) is 16.5. The number of nitrogens with zero attached hydrogens (tertiary/aromatic N) is 1. The van der Waals surface area contributed by atoms with Crippen molar-refractivity contribution in [1.82, 2.24) is 10.2 Å². The molecule has 1 N–H and O–H groups in total. The molecule has 1 aliphatic rings. The Hall–Kier alpha value is -1.82. The summed E-state index contributed by atoms with van der Waals surface area (Å²) >= 11 is 5.59. The molecule has 0 aromatic heterocycles. The molecule has 0 aliphatic carbocycles. The van der Waals surface area contributed by atoms with Crippen LogP contribution >= 0.6 is 12.2 Å². The van der Waals surface area contributed by atoms with Crippen LogP contribution in [0.5, 0.6) is 5.75 Å². The highest BCUT2D eigenvalue weighted by molar-refractivity contribution is 7.80. The van der Waals surface area contributed by atoms with E-state index in [1.165, 1.54) is 0 Å². The lowest BCUT2D eigenvalue weighted by Gasteiger charge is -2.30. The first kappa shape index (κ1) is 19.5. The maximum atomic E-state index is 12.4. The van der Waals surface area contributed by atoms with Crippen LogP contribution in [0.2, 0.25) is 0 Å². The van der Waals surface area contributed by atoms with E-state index in [0.29, 0.717) is 11.5 Å². The van der Waals surface area contributed by atoms with Gasteiger partial charge in [0.2, 0.25) is 0 Å². The number of benzene rings is 1. The molecule has 2 rings (SSSR count). The Morgan fingerprint density at radius 1 is 1.32 bits per heavy atom. The van der Waals surface area contributed by atoms with Crippen LogP contribution in [0.1, 0.15) is 52.1 Å². The van der Waals surface area contributed by atoms with Crippen molar-refractivity contribution in [1.29, 1.82) is 0 Å². The molecule has 0 saturated carbocycles. The molecule has 0 bridgehead atoms. The van der Waals surface area contributed by atoms with Crippen LogP contribution in [-0.4, -0.2) is 41.3 Å². The number of nitrogens with one attached hydrogen (secondary N) is 1. The van der Waals surface area contributed by atoms with E-state index >= 15 is 0 Å². The molecule has 0 unspecified atom stereocenters. The first-order valence-corrected chi connectivity index (χ1v) is 9.06. The maximum absolute atomic E-state index is 12.4. The van der Waals surface area contributed by atoms with Crippen LogP contribution in [0.25, 0.3) is 0 Å². The van der Waals surface area contributed by atoms with Crippen LogP contribution in [-0.2, 0) is 4.74 Å². The van der Waals surface area contributed by atoms with E-state index in [4.69, 9.17) is 21.7 Å². The quantitative estimate of drug-likeness (QED) is 0.816. The highest BCUT2D eigenvalue weighted by atomic mass is 32.1. The number of hydrogen-bond donors (Lipinski definition) is 1. The summed E-state index contributed by atoms with van der Waals surface area (Å²) in [6.45, 7) is 8.36. The van der Waals surface area contributed by atoms with Crippen molar-refractivity contribution in [3.05, 3.63) is 29.8 Å². The van der Waals surface area contributed by atoms with Gasteiger partial charge in [-0.1, -0.05) is 24.4 Å². The number of thiocarbonyl (C=S) groups is 1. The molecule has 0 radical (unpaired) electrons. The number of amides is 1. The standard InChI is InChI=1S/C19H28N2O3S/c1-13(14-8-10-15(23-5)11-9-14)20-17(25)16-7-6-12-21(16)18(22)24-19(2,3)4/h8-11,13,16H,6-7,12H2,1-5H3,(H,20,25)/t13-,16+/m1/s1. The first-order chi connectivity index (χ1) is 11.7. The fourth-order valence-corrected chi connectivity index (χ4v) is 3.29. The zero-order valence-electron chi connectivity index (χ0n) is 15.7. The van der Waals surface area contributed by atoms with Gasteiger partial charge in [-0.3, -0.25) is 4.90 Å². The van der Waals surface area contributed by atoms with Gasteiger partial charge < -0.3 is 14.8 Å². The van der Waals surface area contributed by atoms with E-state index in [9.17, 15) is 4.79 Å². The number of likely N-dealkylation sites (tertiary alicyclic amines) is 1. The molecule has 6 heteroatoms. The molecule has 0 spiro atoms. The second-order valence-electron chi connectivity index (χ2n) is 7.34. The number of carbonyl (C=O) groups excluding carboxylic acids is 1. The number of carbonyl (C=O) groups is 1. The van der Waals surface area contributed by atoms with Gasteiger partial charge in [0, 0.05) is 12.6 Å². The number of methoxy groups -OCH3 is 1. The van der Waals surface area contributed by atoms with E-state index in [1.54, 1.807) is 12.0 Å². The van der Waals surface area contributed by atoms with Gasteiger partial charge in [0.05, 0.1) is 18.1 Å². The highest BCUT2D eigenvalue weighted by Crippen LogP contribution is 2.23. The molecular formula is C19H28N2O3S. The summed E-state index contributed by atoms with van der Waals surface area (Å²) in [5, 5.41) is 3.36. The molecule has 1 aromatic rings. The minimum Gasteiger partial charge on any atom is -0.497 e. The molecule has 25 heavy (non-hydrogen) atoms. The van der Waals surface area contributed by atoms with Crippen LogP contribution in [0, 0.1) is 0 Å². The van der Waals surface area contributed by atoms with E-state index in [-0.39, 0.29) is 18.2 Å². The van der Waals surface area contributed by atoms with Gasteiger partial charge in [-0.2, -0.15) is 0 Å². The Morgan fingerprint density at radius 2 is 1.96 bits per heavy atom. The molecule has 1 amide bonds. The molecule has 138 valence electrons. The molecule has 1 aromatic carbocycles. The van der Waals surface area contributed by atoms with Gasteiger partial charge in [0.25, 0.3) is 0 Å². The van der Waals surface area contributed by atoms with Gasteiger partial charge in [-0.05, 0) is 58.2 Å². The maximum Gasteiger partial charge on any atom is 0.410 e. The lowest BCUT2D eigenvalue weighted by Crippen LogP contribution is -2.47. The van der Waals surface area contributed by atoms with Gasteiger partial charge in [-0.25, -0.2) is 4.79 Å². The van der Waals surface area contributed by atoms with Crippen molar-refractivity contribution in [2.45, 2.75) is 58.2 Å². The van der Waals surface area contributed by atoms with Crippen molar-refractivity contribution in [2.24, 2.45) is 0 Å². The molecule has 1 heterocycles. The average Bonchev–Trinajstić information content (AvgIpc) is 3.03. The number of rotatable bonds is 4. The van der Waals surface area contributed by atoms with Crippen molar-refractivity contribution < 1.29 is 14.3 Å². The summed E-state index contributed by atoms with van der Waals surface area (Å²) in [7, 11) is 1.65. The molecule has 1 saturated heterocycles. The predicted octanol–water partition coefficient (Wildman–Crippen LogP) is 4.07. The monoisotopic (exact) mass is 364 g/mol. The summed E-state index contributed by atoms with van der Waals surface area (Å²) in [4.78, 5) is 14.8. The largest absolute Gasteiger partial charge is 0.497 e. The summed E-state index contributed by atoms with van der Waals surface area (Å²) in [6, 6.07) is 7.84. The van der Waals surface area contributed by atoms with Crippen molar-refractivity contribution in [3.63, 3.8) is 0 Å². The first-order valence-electron chi connectivity index (χ1n) is 8.65. The summed E-state index contributed by atoms with van der Waals surface area (Å²) in [5.74, 6) is 0.824. The third kappa shape index (κ3) is 5.33. The Kier molecular flexibility index (Phi) is 6.27. The van der Waals surface area contributed by atoms with Crippen molar-refractivity contribution in [2.75, 3.05) is 13.7 Å². The SMILES string of the molecule is COc1ccc([C@@H](C)NC(=S)[C@@H]2CCCN2C(=O)OC(C)(C)C)cc1.